The maximum Gasteiger partial charge on any atom is 0.138 e. The van der Waals surface area contributed by atoms with Gasteiger partial charge in [-0.05, 0) is 30.4 Å². The molecule has 100 valence electrons. The third kappa shape index (κ3) is 1.92. The third-order valence-corrected chi connectivity index (χ3v) is 4.59. The van der Waals surface area contributed by atoms with E-state index in [0.29, 0.717) is 0 Å². The summed E-state index contributed by atoms with van der Waals surface area (Å²) in [6, 6.07) is 2.18. The fourth-order valence-corrected chi connectivity index (χ4v) is 3.64. The number of aryl methyl sites for hydroxylation is 2. The highest BCUT2D eigenvalue weighted by atomic mass is 32.1. The lowest BCUT2D eigenvalue weighted by atomic mass is 10.1. The van der Waals surface area contributed by atoms with Crippen LogP contribution in [0.25, 0.3) is 0 Å². The summed E-state index contributed by atoms with van der Waals surface area (Å²) in [5.74, 6) is 1.05. The molecule has 0 radical (unpaired) electrons. The van der Waals surface area contributed by atoms with Gasteiger partial charge >= 0.3 is 0 Å². The van der Waals surface area contributed by atoms with Crippen molar-refractivity contribution in [2.45, 2.75) is 19.9 Å². The average Bonchev–Trinajstić information content (AvgIpc) is 2.91. The number of nitrogens with zero attached hydrogens (tertiary/aromatic N) is 3. The molecule has 0 bridgehead atoms. The quantitative estimate of drug-likeness (QED) is 0.646. The fraction of sp³-hybridized carbons (Fsp3) is 0.385. The molecule has 5 nitrogen and oxygen atoms in total. The molecule has 0 fully saturated rings. The predicted molar refractivity (Wildman–Crippen MR) is 78.0 cm³/mol. The number of rotatable bonds is 2. The Balaban J connectivity index is 2.02. The standard InChI is InChI=1S/C13H17N5S/c1-8-11(12(14)15)13(17(2)16-8)18-5-3-10-9(7-18)4-6-19-10/h4,6H,3,5,7H2,1-2H3,(H3,14,15). The van der Waals surface area contributed by atoms with Crippen molar-refractivity contribution < 1.29 is 0 Å². The van der Waals surface area contributed by atoms with E-state index >= 15 is 0 Å². The van der Waals surface area contributed by atoms with E-state index in [4.69, 9.17) is 11.1 Å². The summed E-state index contributed by atoms with van der Waals surface area (Å²) in [5, 5.41) is 14.3. The summed E-state index contributed by atoms with van der Waals surface area (Å²) in [4.78, 5) is 3.74. The molecule has 3 N–H and O–H groups in total. The van der Waals surface area contributed by atoms with Crippen LogP contribution >= 0.6 is 11.3 Å². The van der Waals surface area contributed by atoms with Crippen LogP contribution in [0, 0.1) is 12.3 Å². The molecule has 1 aliphatic heterocycles. The molecule has 1 aliphatic rings. The van der Waals surface area contributed by atoms with Gasteiger partial charge in [0.1, 0.15) is 11.7 Å². The highest BCUT2D eigenvalue weighted by Crippen LogP contribution is 2.30. The second-order valence-corrected chi connectivity index (χ2v) is 5.86. The summed E-state index contributed by atoms with van der Waals surface area (Å²) in [7, 11) is 1.91. The van der Waals surface area contributed by atoms with Gasteiger partial charge in [-0.1, -0.05) is 0 Å². The Labute approximate surface area is 116 Å². The summed E-state index contributed by atoms with van der Waals surface area (Å²) in [6.07, 6.45) is 1.05. The van der Waals surface area contributed by atoms with Crippen molar-refractivity contribution in [3.8, 4) is 0 Å². The first-order valence-corrected chi connectivity index (χ1v) is 7.14. The summed E-state index contributed by atoms with van der Waals surface area (Å²) in [5.41, 5.74) is 8.68. The number of thiophene rings is 1. The van der Waals surface area contributed by atoms with Gasteiger partial charge in [0.15, 0.2) is 0 Å². The molecule has 2 aromatic rings. The van der Waals surface area contributed by atoms with E-state index in [1.54, 1.807) is 0 Å². The maximum absolute atomic E-state index is 7.76. The molecule has 0 aliphatic carbocycles. The predicted octanol–water partition coefficient (Wildman–Crippen LogP) is 1.64. The molecule has 2 aromatic heterocycles. The molecule has 0 saturated carbocycles. The van der Waals surface area contributed by atoms with Gasteiger partial charge in [0, 0.05) is 25.0 Å². The van der Waals surface area contributed by atoms with Gasteiger partial charge < -0.3 is 10.6 Å². The minimum atomic E-state index is 0.0942. The van der Waals surface area contributed by atoms with Crippen molar-refractivity contribution >= 4 is 23.0 Å². The summed E-state index contributed by atoms with van der Waals surface area (Å²) >= 11 is 1.83. The van der Waals surface area contributed by atoms with Crippen molar-refractivity contribution in [1.29, 1.82) is 5.41 Å². The largest absolute Gasteiger partial charge is 0.384 e. The van der Waals surface area contributed by atoms with Crippen LogP contribution in [-0.4, -0.2) is 22.2 Å². The van der Waals surface area contributed by atoms with Crippen LogP contribution in [0.4, 0.5) is 5.82 Å². The Morgan fingerprint density at radius 1 is 1.53 bits per heavy atom. The number of aromatic nitrogens is 2. The molecular weight excluding hydrogens is 258 g/mol. The van der Waals surface area contributed by atoms with Gasteiger partial charge in [0.25, 0.3) is 0 Å². The lowest BCUT2D eigenvalue weighted by molar-refractivity contribution is 0.673. The molecule has 3 rings (SSSR count). The van der Waals surface area contributed by atoms with E-state index in [2.05, 4.69) is 21.4 Å². The molecular formula is C13H17N5S. The van der Waals surface area contributed by atoms with Crippen LogP contribution in [0.1, 0.15) is 21.7 Å². The zero-order chi connectivity index (χ0) is 13.6. The van der Waals surface area contributed by atoms with Gasteiger partial charge in [0.05, 0.1) is 11.3 Å². The number of anilines is 1. The van der Waals surface area contributed by atoms with Gasteiger partial charge in [-0.2, -0.15) is 5.10 Å². The van der Waals surface area contributed by atoms with Crippen LogP contribution in [0.3, 0.4) is 0 Å². The minimum Gasteiger partial charge on any atom is -0.384 e. The molecule has 0 aromatic carbocycles. The second-order valence-electron chi connectivity index (χ2n) is 4.86. The second kappa shape index (κ2) is 4.38. The van der Waals surface area contributed by atoms with Crippen LogP contribution in [0.2, 0.25) is 0 Å². The zero-order valence-electron chi connectivity index (χ0n) is 11.1. The Morgan fingerprint density at radius 3 is 3.05 bits per heavy atom. The first-order chi connectivity index (χ1) is 9.08. The van der Waals surface area contributed by atoms with E-state index in [0.717, 1.165) is 36.6 Å². The van der Waals surface area contributed by atoms with E-state index in [-0.39, 0.29) is 5.84 Å². The number of nitrogen functional groups attached to an aromatic ring is 1. The Morgan fingerprint density at radius 2 is 2.32 bits per heavy atom. The molecule has 0 unspecified atom stereocenters. The molecule has 19 heavy (non-hydrogen) atoms. The maximum atomic E-state index is 7.76. The zero-order valence-corrected chi connectivity index (χ0v) is 11.9. The minimum absolute atomic E-state index is 0.0942. The lowest BCUT2D eigenvalue weighted by Gasteiger charge is -2.29. The Hall–Kier alpha value is -1.82. The van der Waals surface area contributed by atoms with Crippen molar-refractivity contribution in [1.82, 2.24) is 9.78 Å². The fourth-order valence-electron chi connectivity index (χ4n) is 2.75. The Kier molecular flexibility index (Phi) is 2.82. The SMILES string of the molecule is Cc1nn(C)c(N2CCc3sccc3C2)c1C(=N)N. The third-order valence-electron chi connectivity index (χ3n) is 3.57. The monoisotopic (exact) mass is 275 g/mol. The van der Waals surface area contributed by atoms with Gasteiger partial charge in [-0.3, -0.25) is 10.1 Å². The summed E-state index contributed by atoms with van der Waals surface area (Å²) in [6.45, 7) is 3.73. The Bertz CT molecular complexity index is 639. The first-order valence-electron chi connectivity index (χ1n) is 6.26. The lowest BCUT2D eigenvalue weighted by Crippen LogP contribution is -2.32. The highest BCUT2D eigenvalue weighted by molar-refractivity contribution is 7.10. The molecule has 0 saturated heterocycles. The molecule has 0 atom stereocenters. The number of nitrogens with two attached hydrogens (primary N) is 1. The number of fused-ring (bicyclic) bond motifs is 1. The van der Waals surface area contributed by atoms with Gasteiger partial charge in [0.2, 0.25) is 0 Å². The van der Waals surface area contributed by atoms with Crippen LogP contribution in [-0.2, 0) is 20.0 Å². The normalized spacial score (nSPS) is 14.5. The molecule has 0 amide bonds. The van der Waals surface area contributed by atoms with Crippen molar-refractivity contribution in [2.75, 3.05) is 11.4 Å². The number of hydrogen-bond donors (Lipinski definition) is 2. The molecule has 0 spiro atoms. The van der Waals surface area contributed by atoms with Gasteiger partial charge in [-0.15, -0.1) is 11.3 Å². The molecule has 3 heterocycles. The smallest absolute Gasteiger partial charge is 0.138 e. The van der Waals surface area contributed by atoms with Crippen LogP contribution in [0.15, 0.2) is 11.4 Å². The number of hydrogen-bond acceptors (Lipinski definition) is 4. The van der Waals surface area contributed by atoms with E-state index in [9.17, 15) is 0 Å². The van der Waals surface area contributed by atoms with Crippen molar-refractivity contribution in [2.24, 2.45) is 12.8 Å². The summed E-state index contributed by atoms with van der Waals surface area (Å²) < 4.78 is 1.84. The molecule has 6 heteroatoms. The van der Waals surface area contributed by atoms with Crippen molar-refractivity contribution in [3.63, 3.8) is 0 Å². The number of nitrogens with one attached hydrogen (secondary N) is 1. The topological polar surface area (TPSA) is 70.9 Å². The average molecular weight is 275 g/mol. The van der Waals surface area contributed by atoms with E-state index in [1.807, 2.05) is 30.0 Å². The van der Waals surface area contributed by atoms with Crippen LogP contribution < -0.4 is 10.6 Å². The van der Waals surface area contributed by atoms with Crippen LogP contribution in [0.5, 0.6) is 0 Å². The first kappa shape index (κ1) is 12.2. The number of amidine groups is 1. The van der Waals surface area contributed by atoms with Crippen molar-refractivity contribution in [3.05, 3.63) is 33.1 Å². The van der Waals surface area contributed by atoms with E-state index < -0.39 is 0 Å². The highest BCUT2D eigenvalue weighted by Gasteiger charge is 2.25. The van der Waals surface area contributed by atoms with E-state index in [1.165, 1.54) is 10.4 Å². The van der Waals surface area contributed by atoms with Gasteiger partial charge in [-0.25, -0.2) is 0 Å².